The lowest BCUT2D eigenvalue weighted by Gasteiger charge is -1.99. The van der Waals surface area contributed by atoms with Crippen molar-refractivity contribution < 1.29 is 9.59 Å². The molecule has 1 heterocycles. The van der Waals surface area contributed by atoms with Gasteiger partial charge in [-0.25, -0.2) is 0 Å². The van der Waals surface area contributed by atoms with Gasteiger partial charge in [0.1, 0.15) is 5.69 Å². The summed E-state index contributed by atoms with van der Waals surface area (Å²) in [6.07, 6.45) is 1.52. The van der Waals surface area contributed by atoms with Crippen molar-refractivity contribution >= 4 is 27.5 Å². The fraction of sp³-hybridized carbons (Fsp3) is 0.154. The number of benzene rings is 1. The zero-order valence-corrected chi connectivity index (χ0v) is 11.3. The number of hydrogen-bond donors (Lipinski definition) is 0. The number of aryl methyl sites for hydroxylation is 1. The molecule has 2 rings (SSSR count). The zero-order valence-electron chi connectivity index (χ0n) is 9.76. The molecular weight excluding hydrogens is 296 g/mol. The van der Waals surface area contributed by atoms with Gasteiger partial charge in [-0.3, -0.25) is 14.3 Å². The van der Waals surface area contributed by atoms with Gasteiger partial charge in [0.25, 0.3) is 0 Å². The van der Waals surface area contributed by atoms with Gasteiger partial charge in [-0.1, -0.05) is 28.1 Å². The Morgan fingerprint density at radius 2 is 1.83 bits per heavy atom. The van der Waals surface area contributed by atoms with E-state index in [1.54, 1.807) is 43.6 Å². The number of ketones is 2. The Labute approximate surface area is 113 Å². The van der Waals surface area contributed by atoms with Gasteiger partial charge in [0.05, 0.1) is 6.42 Å². The van der Waals surface area contributed by atoms with E-state index in [1.807, 2.05) is 0 Å². The van der Waals surface area contributed by atoms with Crippen molar-refractivity contribution in [2.75, 3.05) is 0 Å². The van der Waals surface area contributed by atoms with Gasteiger partial charge in [-0.15, -0.1) is 0 Å². The third-order valence-electron chi connectivity index (χ3n) is 2.49. The van der Waals surface area contributed by atoms with E-state index in [2.05, 4.69) is 21.0 Å². The summed E-state index contributed by atoms with van der Waals surface area (Å²) in [5.41, 5.74) is 0.852. The molecule has 0 bridgehead atoms. The number of carbonyl (C=O) groups is 2. The summed E-state index contributed by atoms with van der Waals surface area (Å²) in [5, 5.41) is 3.98. The second-order valence-corrected chi connectivity index (χ2v) is 4.82. The molecule has 92 valence electrons. The number of halogens is 1. The average molecular weight is 307 g/mol. The molecule has 4 nitrogen and oxygen atoms in total. The molecule has 0 aliphatic carbocycles. The van der Waals surface area contributed by atoms with E-state index in [9.17, 15) is 9.59 Å². The highest BCUT2D eigenvalue weighted by atomic mass is 79.9. The molecule has 0 aliphatic heterocycles. The molecule has 0 saturated carbocycles. The summed E-state index contributed by atoms with van der Waals surface area (Å²) in [4.78, 5) is 23.7. The lowest BCUT2D eigenvalue weighted by atomic mass is 10.1. The van der Waals surface area contributed by atoms with Gasteiger partial charge in [0, 0.05) is 23.3 Å². The topological polar surface area (TPSA) is 52.0 Å². The molecule has 0 spiro atoms. The molecule has 5 heteroatoms. The third-order valence-corrected chi connectivity index (χ3v) is 3.02. The largest absolute Gasteiger partial charge is 0.294 e. The zero-order chi connectivity index (χ0) is 13.1. The van der Waals surface area contributed by atoms with Crippen molar-refractivity contribution in [3.05, 3.63) is 52.3 Å². The van der Waals surface area contributed by atoms with Crippen LogP contribution in [0, 0.1) is 0 Å². The summed E-state index contributed by atoms with van der Waals surface area (Å²) in [7, 11) is 1.73. The van der Waals surface area contributed by atoms with Crippen LogP contribution in [0.5, 0.6) is 0 Å². The predicted molar refractivity (Wildman–Crippen MR) is 70.6 cm³/mol. The molecule has 0 aliphatic rings. The smallest absolute Gasteiger partial charge is 0.190 e. The van der Waals surface area contributed by atoms with Gasteiger partial charge in [-0.05, 0) is 18.2 Å². The Bertz CT molecular complexity index is 587. The highest BCUT2D eigenvalue weighted by Gasteiger charge is 2.15. The van der Waals surface area contributed by atoms with E-state index in [-0.39, 0.29) is 18.0 Å². The number of aromatic nitrogens is 2. The highest BCUT2D eigenvalue weighted by Crippen LogP contribution is 2.13. The molecule has 18 heavy (non-hydrogen) atoms. The molecule has 2 aromatic rings. The quantitative estimate of drug-likeness (QED) is 0.644. The van der Waals surface area contributed by atoms with Crippen molar-refractivity contribution in [3.63, 3.8) is 0 Å². The van der Waals surface area contributed by atoms with Gasteiger partial charge >= 0.3 is 0 Å². The lowest BCUT2D eigenvalue weighted by molar-refractivity contribution is 0.0891. The maximum atomic E-state index is 11.9. The molecule has 0 N–H and O–H groups in total. The summed E-state index contributed by atoms with van der Waals surface area (Å²) in [5.74, 6) is -0.457. The normalized spacial score (nSPS) is 10.3. The Morgan fingerprint density at radius 1 is 1.17 bits per heavy atom. The highest BCUT2D eigenvalue weighted by molar-refractivity contribution is 9.10. The molecule has 0 unspecified atom stereocenters. The van der Waals surface area contributed by atoms with Gasteiger partial charge in [0.2, 0.25) is 0 Å². The van der Waals surface area contributed by atoms with Crippen LogP contribution in [0.15, 0.2) is 41.0 Å². The Kier molecular flexibility index (Phi) is 3.72. The van der Waals surface area contributed by atoms with Crippen molar-refractivity contribution in [1.82, 2.24) is 9.78 Å². The van der Waals surface area contributed by atoms with Crippen molar-refractivity contribution in [3.8, 4) is 0 Å². The summed E-state index contributed by atoms with van der Waals surface area (Å²) >= 11 is 3.29. The van der Waals surface area contributed by atoms with Crippen LogP contribution < -0.4 is 0 Å². The Balaban J connectivity index is 2.08. The van der Waals surface area contributed by atoms with E-state index in [4.69, 9.17) is 0 Å². The first-order valence-corrected chi connectivity index (χ1v) is 6.17. The number of Topliss-reactive ketones (excluding diaryl/α,β-unsaturated/α-hetero) is 2. The minimum absolute atomic E-state index is 0.154. The first-order valence-electron chi connectivity index (χ1n) is 5.38. The van der Waals surface area contributed by atoms with Crippen LogP contribution in [0.2, 0.25) is 0 Å². The minimum Gasteiger partial charge on any atom is -0.294 e. The van der Waals surface area contributed by atoms with Crippen LogP contribution >= 0.6 is 15.9 Å². The monoisotopic (exact) mass is 306 g/mol. The maximum Gasteiger partial charge on any atom is 0.190 e. The van der Waals surface area contributed by atoms with Crippen molar-refractivity contribution in [2.24, 2.45) is 7.05 Å². The maximum absolute atomic E-state index is 11.9. The summed E-state index contributed by atoms with van der Waals surface area (Å²) < 4.78 is 2.44. The fourth-order valence-corrected chi connectivity index (χ4v) is 1.80. The Morgan fingerprint density at radius 3 is 2.39 bits per heavy atom. The molecule has 1 aromatic carbocycles. The number of nitrogens with zero attached hydrogens (tertiary/aromatic N) is 2. The van der Waals surface area contributed by atoms with E-state index in [0.717, 1.165) is 4.47 Å². The molecule has 0 atom stereocenters. The Hall–Kier alpha value is -1.75. The molecule has 1 aromatic heterocycles. The van der Waals surface area contributed by atoms with Crippen molar-refractivity contribution in [1.29, 1.82) is 0 Å². The standard InChI is InChI=1S/C13H11BrN2O2/c1-16-7-6-11(15-16)13(18)8-12(17)9-2-4-10(14)5-3-9/h2-7H,8H2,1H3. The first kappa shape index (κ1) is 12.7. The molecule has 0 amide bonds. The fourth-order valence-electron chi connectivity index (χ4n) is 1.54. The van der Waals surface area contributed by atoms with Crippen LogP contribution in [0.25, 0.3) is 0 Å². The summed E-state index contributed by atoms with van der Waals surface area (Å²) in [6, 6.07) is 8.55. The minimum atomic E-state index is -0.261. The molecule has 0 fully saturated rings. The van der Waals surface area contributed by atoms with E-state index < -0.39 is 0 Å². The van der Waals surface area contributed by atoms with Crippen LogP contribution in [0.1, 0.15) is 27.3 Å². The van der Waals surface area contributed by atoms with E-state index >= 15 is 0 Å². The predicted octanol–water partition coefficient (Wildman–Crippen LogP) is 2.64. The third kappa shape index (κ3) is 2.92. The van der Waals surface area contributed by atoms with Crippen LogP contribution in [-0.2, 0) is 7.05 Å². The van der Waals surface area contributed by atoms with Gasteiger partial charge in [-0.2, -0.15) is 5.10 Å². The second kappa shape index (κ2) is 5.27. The van der Waals surface area contributed by atoms with E-state index in [1.165, 1.54) is 4.68 Å². The molecule has 0 radical (unpaired) electrons. The van der Waals surface area contributed by atoms with Crippen LogP contribution in [0.4, 0.5) is 0 Å². The van der Waals surface area contributed by atoms with Crippen LogP contribution in [0.3, 0.4) is 0 Å². The SMILES string of the molecule is Cn1ccc(C(=O)CC(=O)c2ccc(Br)cc2)n1. The van der Waals surface area contributed by atoms with Crippen LogP contribution in [-0.4, -0.2) is 21.3 Å². The first-order chi connectivity index (χ1) is 8.56. The number of hydrogen-bond acceptors (Lipinski definition) is 3. The van der Waals surface area contributed by atoms with Crippen molar-refractivity contribution in [2.45, 2.75) is 6.42 Å². The summed E-state index contributed by atoms with van der Waals surface area (Å²) in [6.45, 7) is 0. The van der Waals surface area contributed by atoms with Gasteiger partial charge < -0.3 is 0 Å². The van der Waals surface area contributed by atoms with Gasteiger partial charge in [0.15, 0.2) is 11.6 Å². The molecule has 0 saturated heterocycles. The molecular formula is C13H11BrN2O2. The second-order valence-electron chi connectivity index (χ2n) is 3.90. The number of rotatable bonds is 4. The number of carbonyl (C=O) groups excluding carboxylic acids is 2. The van der Waals surface area contributed by atoms with E-state index in [0.29, 0.717) is 11.3 Å². The average Bonchev–Trinajstić information content (AvgIpc) is 2.76. The lowest BCUT2D eigenvalue weighted by Crippen LogP contribution is -2.09.